The fraction of sp³-hybridized carbons (Fsp3) is 0.667. The fourth-order valence-corrected chi connectivity index (χ4v) is 3.23. The molecule has 0 atom stereocenters. The molecule has 0 saturated carbocycles. The van der Waals surface area contributed by atoms with Crippen molar-refractivity contribution in [1.29, 1.82) is 0 Å². The Morgan fingerprint density at radius 2 is 2.12 bits per heavy atom. The Morgan fingerprint density at radius 1 is 1.31 bits per heavy atom. The summed E-state index contributed by atoms with van der Waals surface area (Å²) in [5.74, 6) is 1.17. The summed E-state index contributed by atoms with van der Waals surface area (Å²) in [6, 6.07) is 4.30. The first-order chi connectivity index (χ1) is 7.86. The second-order valence-electron chi connectivity index (χ2n) is 3.56. The van der Waals surface area contributed by atoms with Gasteiger partial charge in [0.15, 0.2) is 0 Å². The van der Waals surface area contributed by atoms with Crippen LogP contribution in [0.2, 0.25) is 0 Å². The van der Waals surface area contributed by atoms with Crippen molar-refractivity contribution < 1.29 is 0 Å². The lowest BCUT2D eigenvalue weighted by Gasteiger charge is -2.17. The highest BCUT2D eigenvalue weighted by atomic mass is 32.2. The number of thioether (sulfide) groups is 1. The van der Waals surface area contributed by atoms with Gasteiger partial charge in [-0.15, -0.1) is 23.1 Å². The van der Waals surface area contributed by atoms with Gasteiger partial charge in [0, 0.05) is 25.4 Å². The van der Waals surface area contributed by atoms with E-state index in [0.717, 1.165) is 32.7 Å². The van der Waals surface area contributed by atoms with Crippen LogP contribution in [0.4, 0.5) is 0 Å². The Labute approximate surface area is 107 Å². The zero-order valence-corrected chi connectivity index (χ0v) is 11.9. The molecule has 0 aromatic carbocycles. The third kappa shape index (κ3) is 5.89. The first-order valence-electron chi connectivity index (χ1n) is 5.96. The lowest BCUT2D eigenvalue weighted by molar-refractivity contribution is 0.303. The average Bonchev–Trinajstić information content (AvgIpc) is 2.81. The molecule has 92 valence electrons. The third-order valence-corrected chi connectivity index (χ3v) is 4.65. The lowest BCUT2D eigenvalue weighted by Crippen LogP contribution is -2.32. The largest absolute Gasteiger partial charge is 0.315 e. The molecule has 0 saturated heterocycles. The van der Waals surface area contributed by atoms with Crippen molar-refractivity contribution in [2.45, 2.75) is 18.1 Å². The van der Waals surface area contributed by atoms with Gasteiger partial charge in [-0.1, -0.05) is 19.9 Å². The first kappa shape index (κ1) is 14.0. The summed E-state index contributed by atoms with van der Waals surface area (Å²) >= 11 is 3.77. The Balaban J connectivity index is 1.92. The summed E-state index contributed by atoms with van der Waals surface area (Å²) in [6.07, 6.45) is 0. The number of hydrogen-bond acceptors (Lipinski definition) is 4. The predicted octanol–water partition coefficient (Wildman–Crippen LogP) is 2.77. The molecule has 0 unspecified atom stereocenters. The van der Waals surface area contributed by atoms with Gasteiger partial charge in [0.25, 0.3) is 0 Å². The number of thiophene rings is 1. The van der Waals surface area contributed by atoms with Crippen LogP contribution in [0.5, 0.6) is 0 Å². The smallest absolute Gasteiger partial charge is 0.0598 e. The molecule has 0 fully saturated rings. The van der Waals surface area contributed by atoms with E-state index in [0.29, 0.717) is 0 Å². The van der Waals surface area contributed by atoms with E-state index in [4.69, 9.17) is 0 Å². The van der Waals surface area contributed by atoms with Gasteiger partial charge in [-0.2, -0.15) is 0 Å². The number of nitrogens with zero attached hydrogens (tertiary/aromatic N) is 1. The molecule has 0 spiro atoms. The zero-order valence-electron chi connectivity index (χ0n) is 10.2. The minimum absolute atomic E-state index is 1.10. The topological polar surface area (TPSA) is 15.3 Å². The first-order valence-corrected chi connectivity index (χ1v) is 7.82. The van der Waals surface area contributed by atoms with E-state index in [9.17, 15) is 0 Å². The molecule has 0 aliphatic carbocycles. The summed E-state index contributed by atoms with van der Waals surface area (Å²) < 4.78 is 1.42. The molecule has 2 nitrogen and oxygen atoms in total. The van der Waals surface area contributed by atoms with Crippen molar-refractivity contribution in [3.63, 3.8) is 0 Å². The van der Waals surface area contributed by atoms with Crippen LogP contribution in [-0.2, 0) is 0 Å². The summed E-state index contributed by atoms with van der Waals surface area (Å²) in [5.41, 5.74) is 0. The Hall–Kier alpha value is -0.0300. The van der Waals surface area contributed by atoms with Gasteiger partial charge in [0.05, 0.1) is 4.21 Å². The highest BCUT2D eigenvalue weighted by Crippen LogP contribution is 2.22. The minimum Gasteiger partial charge on any atom is -0.315 e. The predicted molar refractivity (Wildman–Crippen MR) is 75.7 cm³/mol. The van der Waals surface area contributed by atoms with Crippen molar-refractivity contribution in [3.8, 4) is 0 Å². The molecular weight excluding hydrogens is 236 g/mol. The molecule has 0 aliphatic rings. The molecule has 16 heavy (non-hydrogen) atoms. The van der Waals surface area contributed by atoms with E-state index in [1.165, 1.54) is 9.96 Å². The van der Waals surface area contributed by atoms with Crippen LogP contribution in [0, 0.1) is 0 Å². The van der Waals surface area contributed by atoms with Crippen LogP contribution in [0.15, 0.2) is 21.7 Å². The molecule has 1 rings (SSSR count). The average molecular weight is 258 g/mol. The van der Waals surface area contributed by atoms with Gasteiger partial charge in [0.1, 0.15) is 0 Å². The normalized spacial score (nSPS) is 11.2. The molecule has 0 radical (unpaired) electrons. The Bertz CT molecular complexity index is 246. The standard InChI is InChI=1S/C12H22N2S2/c1-3-14(4-2)9-7-13-8-11-16-12-6-5-10-15-12/h5-6,10,13H,3-4,7-9,11H2,1-2H3. The van der Waals surface area contributed by atoms with Crippen molar-refractivity contribution in [1.82, 2.24) is 10.2 Å². The Morgan fingerprint density at radius 3 is 2.75 bits per heavy atom. The number of rotatable bonds is 9. The lowest BCUT2D eigenvalue weighted by atomic mass is 10.4. The van der Waals surface area contributed by atoms with E-state index in [-0.39, 0.29) is 0 Å². The van der Waals surface area contributed by atoms with Gasteiger partial charge < -0.3 is 10.2 Å². The monoisotopic (exact) mass is 258 g/mol. The molecule has 1 aromatic rings. The Kier molecular flexibility index (Phi) is 7.93. The van der Waals surface area contributed by atoms with Crippen molar-refractivity contribution in [2.24, 2.45) is 0 Å². The molecule has 0 bridgehead atoms. The van der Waals surface area contributed by atoms with Gasteiger partial charge in [-0.05, 0) is 24.5 Å². The molecular formula is C12H22N2S2. The van der Waals surface area contributed by atoms with Crippen molar-refractivity contribution in [3.05, 3.63) is 17.5 Å². The summed E-state index contributed by atoms with van der Waals surface area (Å²) in [4.78, 5) is 2.44. The highest BCUT2D eigenvalue weighted by molar-refractivity contribution is 8.01. The van der Waals surface area contributed by atoms with E-state index < -0.39 is 0 Å². The quantitative estimate of drug-likeness (QED) is 0.541. The summed E-state index contributed by atoms with van der Waals surface area (Å²) in [5, 5.41) is 5.62. The van der Waals surface area contributed by atoms with Crippen LogP contribution < -0.4 is 5.32 Å². The van der Waals surface area contributed by atoms with E-state index in [1.54, 1.807) is 0 Å². The highest BCUT2D eigenvalue weighted by Gasteiger charge is 1.98. The van der Waals surface area contributed by atoms with Crippen LogP contribution in [0.25, 0.3) is 0 Å². The molecule has 0 amide bonds. The maximum Gasteiger partial charge on any atom is 0.0598 e. The number of hydrogen-bond donors (Lipinski definition) is 1. The van der Waals surface area contributed by atoms with Crippen LogP contribution in [-0.4, -0.2) is 43.4 Å². The number of nitrogens with one attached hydrogen (secondary N) is 1. The molecule has 4 heteroatoms. The minimum atomic E-state index is 1.10. The van der Waals surface area contributed by atoms with Gasteiger partial charge in [0.2, 0.25) is 0 Å². The van der Waals surface area contributed by atoms with Crippen molar-refractivity contribution in [2.75, 3.05) is 38.5 Å². The maximum absolute atomic E-state index is 3.49. The SMILES string of the molecule is CCN(CC)CCNCCSc1cccs1. The molecule has 1 N–H and O–H groups in total. The summed E-state index contributed by atoms with van der Waals surface area (Å²) in [7, 11) is 0. The van der Waals surface area contributed by atoms with E-state index in [1.807, 2.05) is 23.1 Å². The number of likely N-dealkylation sites (N-methyl/N-ethyl adjacent to an activating group) is 1. The second kappa shape index (κ2) is 9.05. The van der Waals surface area contributed by atoms with Crippen LogP contribution in [0.1, 0.15) is 13.8 Å². The van der Waals surface area contributed by atoms with E-state index in [2.05, 4.69) is 41.6 Å². The molecule has 0 aliphatic heterocycles. The zero-order chi connectivity index (χ0) is 11.6. The third-order valence-electron chi connectivity index (χ3n) is 2.52. The van der Waals surface area contributed by atoms with Gasteiger partial charge >= 0.3 is 0 Å². The maximum atomic E-state index is 3.49. The molecule has 1 heterocycles. The van der Waals surface area contributed by atoms with Crippen molar-refractivity contribution >= 4 is 23.1 Å². The van der Waals surface area contributed by atoms with Gasteiger partial charge in [-0.3, -0.25) is 0 Å². The molecule has 1 aromatic heterocycles. The van der Waals surface area contributed by atoms with Gasteiger partial charge in [-0.25, -0.2) is 0 Å². The fourth-order valence-electron chi connectivity index (χ4n) is 1.47. The summed E-state index contributed by atoms with van der Waals surface area (Å²) in [6.45, 7) is 10.1. The van der Waals surface area contributed by atoms with Crippen LogP contribution in [0.3, 0.4) is 0 Å². The van der Waals surface area contributed by atoms with E-state index >= 15 is 0 Å². The van der Waals surface area contributed by atoms with Crippen LogP contribution >= 0.6 is 23.1 Å². The second-order valence-corrected chi connectivity index (χ2v) is 5.90.